The summed E-state index contributed by atoms with van der Waals surface area (Å²) in [4.78, 5) is 33.9. The van der Waals surface area contributed by atoms with Gasteiger partial charge in [-0.25, -0.2) is 0 Å². The van der Waals surface area contributed by atoms with Crippen molar-refractivity contribution in [3.8, 4) is 0 Å². The monoisotopic (exact) mass is 307 g/mol. The lowest BCUT2D eigenvalue weighted by molar-refractivity contribution is -0.385. The van der Waals surface area contributed by atoms with Crippen LogP contribution >= 0.6 is 0 Å². The van der Waals surface area contributed by atoms with Gasteiger partial charge in [0.2, 0.25) is 5.91 Å². The first-order valence-corrected chi connectivity index (χ1v) is 7.70. The van der Waals surface area contributed by atoms with Crippen LogP contribution in [0.15, 0.2) is 23.1 Å². The minimum Gasteiger partial charge on any atom is -0.352 e. The van der Waals surface area contributed by atoms with E-state index in [9.17, 15) is 19.7 Å². The molecule has 0 unspecified atom stereocenters. The molecule has 1 aliphatic rings. The maximum absolute atomic E-state index is 12.1. The Kier molecular flexibility index (Phi) is 5.68. The van der Waals surface area contributed by atoms with Crippen molar-refractivity contribution in [1.29, 1.82) is 0 Å². The summed E-state index contributed by atoms with van der Waals surface area (Å²) in [6, 6.07) is 2.40. The summed E-state index contributed by atoms with van der Waals surface area (Å²) in [7, 11) is 0. The van der Waals surface area contributed by atoms with E-state index >= 15 is 0 Å². The molecular formula is C15H21N3O4. The van der Waals surface area contributed by atoms with Crippen molar-refractivity contribution in [3.05, 3.63) is 38.8 Å². The van der Waals surface area contributed by atoms with E-state index in [1.165, 1.54) is 19.3 Å². The van der Waals surface area contributed by atoms with Gasteiger partial charge in [-0.05, 0) is 12.8 Å². The summed E-state index contributed by atoms with van der Waals surface area (Å²) in [5, 5.41) is 13.7. The van der Waals surface area contributed by atoms with Crippen molar-refractivity contribution < 1.29 is 9.72 Å². The van der Waals surface area contributed by atoms with Crippen molar-refractivity contribution in [2.24, 2.45) is 0 Å². The van der Waals surface area contributed by atoms with E-state index in [4.69, 9.17) is 0 Å². The number of hydrogen-bond donors (Lipinski definition) is 1. The van der Waals surface area contributed by atoms with Crippen LogP contribution in [0, 0.1) is 10.1 Å². The van der Waals surface area contributed by atoms with Crippen LogP contribution in [0.3, 0.4) is 0 Å². The second-order valence-corrected chi connectivity index (χ2v) is 5.72. The highest BCUT2D eigenvalue weighted by Gasteiger charge is 2.15. The predicted octanol–water partition coefficient (Wildman–Crippen LogP) is 1.99. The molecule has 7 nitrogen and oxygen atoms in total. The lowest BCUT2D eigenvalue weighted by atomic mass is 9.97. The van der Waals surface area contributed by atoms with Crippen molar-refractivity contribution in [1.82, 2.24) is 9.88 Å². The van der Waals surface area contributed by atoms with E-state index in [2.05, 4.69) is 5.32 Å². The molecule has 1 aromatic heterocycles. The highest BCUT2D eigenvalue weighted by molar-refractivity contribution is 5.76. The Morgan fingerprint density at radius 2 is 1.86 bits per heavy atom. The van der Waals surface area contributed by atoms with Gasteiger partial charge in [0.05, 0.1) is 11.1 Å². The molecule has 0 saturated heterocycles. The number of amides is 1. The summed E-state index contributed by atoms with van der Waals surface area (Å²) in [6.45, 7) is -0.184. The first-order valence-electron chi connectivity index (χ1n) is 7.70. The highest BCUT2D eigenvalue weighted by Crippen LogP contribution is 2.17. The normalized spacial score (nSPS) is 16.5. The van der Waals surface area contributed by atoms with Gasteiger partial charge in [0.15, 0.2) is 0 Å². The molecule has 0 spiro atoms. The second-order valence-electron chi connectivity index (χ2n) is 5.72. The molecule has 1 fully saturated rings. The van der Waals surface area contributed by atoms with Crippen LogP contribution in [0.1, 0.15) is 44.9 Å². The summed E-state index contributed by atoms with van der Waals surface area (Å²) >= 11 is 0. The molecule has 1 heterocycles. The molecule has 1 saturated carbocycles. The Bertz CT molecular complexity index is 589. The smallest absolute Gasteiger partial charge is 0.285 e. The zero-order valence-corrected chi connectivity index (χ0v) is 12.5. The standard InChI is InChI=1S/C15H21N3O4/c19-14(16-12-6-4-2-1-3-5-7-12)11-17-10-13(18(21)22)8-9-15(17)20/h8-10,12H,1-7,11H2,(H,16,19). The van der Waals surface area contributed by atoms with Gasteiger partial charge in [-0.15, -0.1) is 0 Å². The zero-order chi connectivity index (χ0) is 15.9. The maximum atomic E-state index is 12.1. The molecule has 2 rings (SSSR count). The summed E-state index contributed by atoms with van der Waals surface area (Å²) in [5.74, 6) is -0.270. The van der Waals surface area contributed by atoms with Gasteiger partial charge >= 0.3 is 0 Å². The molecule has 0 aromatic carbocycles. The molecule has 0 aliphatic heterocycles. The molecular weight excluding hydrogens is 286 g/mol. The minimum absolute atomic E-state index is 0.141. The molecule has 7 heteroatoms. The Balaban J connectivity index is 1.97. The number of nitrogens with zero attached hydrogens (tertiary/aromatic N) is 2. The first kappa shape index (κ1) is 16.2. The third kappa shape index (κ3) is 4.68. The average molecular weight is 307 g/mol. The van der Waals surface area contributed by atoms with Gasteiger partial charge in [-0.1, -0.05) is 32.1 Å². The van der Waals surface area contributed by atoms with Crippen LogP contribution in [0.2, 0.25) is 0 Å². The fourth-order valence-corrected chi connectivity index (χ4v) is 2.78. The van der Waals surface area contributed by atoms with E-state index in [1.54, 1.807) is 0 Å². The summed E-state index contributed by atoms with van der Waals surface area (Å²) in [6.07, 6.45) is 8.85. The Hall–Kier alpha value is -2.18. The molecule has 1 aromatic rings. The number of pyridine rings is 1. The molecule has 120 valence electrons. The summed E-state index contributed by atoms with van der Waals surface area (Å²) < 4.78 is 1.08. The zero-order valence-electron chi connectivity index (χ0n) is 12.5. The largest absolute Gasteiger partial charge is 0.352 e. The molecule has 0 bridgehead atoms. The van der Waals surface area contributed by atoms with Crippen LogP contribution in [0.25, 0.3) is 0 Å². The van der Waals surface area contributed by atoms with Crippen LogP contribution in [-0.2, 0) is 11.3 Å². The Labute approximate surface area is 128 Å². The fraction of sp³-hybridized carbons (Fsp3) is 0.600. The number of aromatic nitrogens is 1. The SMILES string of the molecule is O=C(Cn1cc([N+](=O)[O-])ccc1=O)NC1CCCCCCC1. The minimum atomic E-state index is -0.581. The number of nitrogens with one attached hydrogen (secondary N) is 1. The number of rotatable bonds is 4. The van der Waals surface area contributed by atoms with E-state index in [0.29, 0.717) is 0 Å². The second kappa shape index (κ2) is 7.72. The molecule has 1 N–H and O–H groups in total. The quantitative estimate of drug-likeness (QED) is 0.679. The lowest BCUT2D eigenvalue weighted by Crippen LogP contribution is -2.39. The van der Waals surface area contributed by atoms with E-state index in [1.807, 2.05) is 0 Å². The van der Waals surface area contributed by atoms with Crippen molar-refractivity contribution >= 4 is 11.6 Å². The van der Waals surface area contributed by atoms with E-state index < -0.39 is 10.5 Å². The van der Waals surface area contributed by atoms with Crippen molar-refractivity contribution in [2.45, 2.75) is 57.5 Å². The van der Waals surface area contributed by atoms with Gasteiger partial charge in [0, 0.05) is 18.2 Å². The molecule has 22 heavy (non-hydrogen) atoms. The van der Waals surface area contributed by atoms with Crippen LogP contribution < -0.4 is 10.9 Å². The third-order valence-electron chi connectivity index (χ3n) is 3.96. The number of nitro groups is 1. The van der Waals surface area contributed by atoms with Crippen LogP contribution in [0.5, 0.6) is 0 Å². The van der Waals surface area contributed by atoms with E-state index in [0.717, 1.165) is 48.6 Å². The fourth-order valence-electron chi connectivity index (χ4n) is 2.78. The van der Waals surface area contributed by atoms with Crippen molar-refractivity contribution in [2.75, 3.05) is 0 Å². The number of hydrogen-bond acceptors (Lipinski definition) is 4. The molecule has 1 aliphatic carbocycles. The van der Waals surface area contributed by atoms with Crippen molar-refractivity contribution in [3.63, 3.8) is 0 Å². The Morgan fingerprint density at radius 1 is 1.23 bits per heavy atom. The van der Waals surface area contributed by atoms with E-state index in [-0.39, 0.29) is 24.2 Å². The van der Waals surface area contributed by atoms with Crippen LogP contribution in [-0.4, -0.2) is 21.4 Å². The van der Waals surface area contributed by atoms with Gasteiger partial charge < -0.3 is 5.32 Å². The predicted molar refractivity (Wildman–Crippen MR) is 81.6 cm³/mol. The maximum Gasteiger partial charge on any atom is 0.285 e. The van der Waals surface area contributed by atoms with Gasteiger partial charge in [0.25, 0.3) is 11.2 Å². The molecule has 1 amide bonds. The number of carbonyl (C=O) groups excluding carboxylic acids is 1. The van der Waals surface area contributed by atoms with Gasteiger partial charge in [-0.2, -0.15) is 0 Å². The topological polar surface area (TPSA) is 94.2 Å². The van der Waals surface area contributed by atoms with Crippen LogP contribution in [0.4, 0.5) is 5.69 Å². The average Bonchev–Trinajstić information content (AvgIpc) is 2.44. The van der Waals surface area contributed by atoms with Gasteiger partial charge in [-0.3, -0.25) is 24.3 Å². The highest BCUT2D eigenvalue weighted by atomic mass is 16.6. The lowest BCUT2D eigenvalue weighted by Gasteiger charge is -2.21. The summed E-state index contributed by atoms with van der Waals surface area (Å²) in [5.41, 5.74) is -0.614. The first-order chi connectivity index (χ1) is 10.6. The van der Waals surface area contributed by atoms with Gasteiger partial charge in [0.1, 0.15) is 6.54 Å². The third-order valence-corrected chi connectivity index (χ3v) is 3.96. The Morgan fingerprint density at radius 3 is 2.50 bits per heavy atom. The molecule has 0 radical (unpaired) electrons. The number of carbonyl (C=O) groups is 1. The molecule has 0 atom stereocenters.